The summed E-state index contributed by atoms with van der Waals surface area (Å²) in [5.74, 6) is -0.0829. The van der Waals surface area contributed by atoms with E-state index >= 15 is 0 Å². The Morgan fingerprint density at radius 3 is 2.60 bits per heavy atom. The van der Waals surface area contributed by atoms with Crippen LogP contribution < -0.4 is 4.74 Å². The van der Waals surface area contributed by atoms with Crippen molar-refractivity contribution in [1.29, 1.82) is 0 Å². The monoisotopic (exact) mass is 358 g/mol. The molecular weight excluding hydrogens is 348 g/mol. The fraction of sp³-hybridized carbons (Fsp3) is 0.0588. The number of nitro benzene ring substituents is 1. The molecule has 0 saturated heterocycles. The summed E-state index contributed by atoms with van der Waals surface area (Å²) in [6.45, 7) is 0. The Bertz CT molecular complexity index is 919. The molecule has 0 aromatic heterocycles. The van der Waals surface area contributed by atoms with Gasteiger partial charge in [0.1, 0.15) is 5.75 Å². The van der Waals surface area contributed by atoms with Gasteiger partial charge in [-0.15, -0.1) is 0 Å². The van der Waals surface area contributed by atoms with Crippen molar-refractivity contribution < 1.29 is 19.2 Å². The molecule has 7 nitrogen and oxygen atoms in total. The molecule has 25 heavy (non-hydrogen) atoms. The molecule has 0 fully saturated rings. The first-order valence-corrected chi connectivity index (χ1v) is 7.46. The number of benzene rings is 2. The molecule has 1 heterocycles. The molecule has 0 N–H and O–H groups in total. The predicted molar refractivity (Wildman–Crippen MR) is 91.7 cm³/mol. The minimum Gasteiger partial charge on any atom is -0.496 e. The molecule has 1 aliphatic rings. The van der Waals surface area contributed by atoms with Gasteiger partial charge in [0, 0.05) is 17.2 Å². The molecule has 0 unspecified atom stereocenters. The van der Waals surface area contributed by atoms with Crippen LogP contribution in [-0.4, -0.2) is 23.9 Å². The van der Waals surface area contributed by atoms with Crippen molar-refractivity contribution in [1.82, 2.24) is 0 Å². The standard InChI is InChI=1S/C17H11ClN2O5/c1-24-15-7-4-11(18)9-13(15)16-19-14(17(21)25-16)8-10-2-5-12(6-3-10)20(22)23/h2-9H,1H3/b14-8-. The Morgan fingerprint density at radius 1 is 1.24 bits per heavy atom. The van der Waals surface area contributed by atoms with Gasteiger partial charge in [-0.05, 0) is 42.0 Å². The number of aliphatic imine (C=N–C) groups is 1. The lowest BCUT2D eigenvalue weighted by atomic mass is 10.2. The van der Waals surface area contributed by atoms with Crippen molar-refractivity contribution in [3.63, 3.8) is 0 Å². The second-order valence-corrected chi connectivity index (χ2v) is 5.47. The SMILES string of the molecule is COc1ccc(Cl)cc1C1=N/C(=C\c2ccc([N+](=O)[O-])cc2)C(=O)O1. The molecule has 0 amide bonds. The molecule has 2 aromatic carbocycles. The summed E-state index contributed by atoms with van der Waals surface area (Å²) >= 11 is 5.97. The van der Waals surface area contributed by atoms with E-state index < -0.39 is 10.9 Å². The average molecular weight is 359 g/mol. The number of methoxy groups -OCH3 is 1. The van der Waals surface area contributed by atoms with Crippen LogP contribution >= 0.6 is 11.6 Å². The number of nitrogens with zero attached hydrogens (tertiary/aromatic N) is 2. The van der Waals surface area contributed by atoms with Crippen LogP contribution in [0.3, 0.4) is 0 Å². The van der Waals surface area contributed by atoms with Crippen LogP contribution in [0.1, 0.15) is 11.1 Å². The summed E-state index contributed by atoms with van der Waals surface area (Å²) in [7, 11) is 1.48. The van der Waals surface area contributed by atoms with Gasteiger partial charge in [0.2, 0.25) is 5.90 Å². The maximum atomic E-state index is 12.0. The van der Waals surface area contributed by atoms with Crippen molar-refractivity contribution in [2.24, 2.45) is 4.99 Å². The number of hydrogen-bond acceptors (Lipinski definition) is 6. The van der Waals surface area contributed by atoms with E-state index in [9.17, 15) is 14.9 Å². The molecule has 0 saturated carbocycles. The molecule has 8 heteroatoms. The largest absolute Gasteiger partial charge is 0.496 e. The number of hydrogen-bond donors (Lipinski definition) is 0. The molecule has 0 bridgehead atoms. The lowest BCUT2D eigenvalue weighted by Crippen LogP contribution is -2.07. The molecule has 0 radical (unpaired) electrons. The zero-order valence-corrected chi connectivity index (χ0v) is 13.7. The molecule has 0 atom stereocenters. The van der Waals surface area contributed by atoms with Gasteiger partial charge in [-0.25, -0.2) is 9.79 Å². The van der Waals surface area contributed by atoms with Gasteiger partial charge in [-0.3, -0.25) is 10.1 Å². The minimum atomic E-state index is -0.629. The topological polar surface area (TPSA) is 91.0 Å². The van der Waals surface area contributed by atoms with Gasteiger partial charge in [-0.2, -0.15) is 0 Å². The number of esters is 1. The van der Waals surface area contributed by atoms with Gasteiger partial charge >= 0.3 is 5.97 Å². The summed E-state index contributed by atoms with van der Waals surface area (Å²) in [4.78, 5) is 26.4. The number of non-ortho nitro benzene ring substituents is 1. The summed E-state index contributed by atoms with van der Waals surface area (Å²) < 4.78 is 10.4. The Balaban J connectivity index is 1.95. The Labute approximate surface area is 147 Å². The van der Waals surface area contributed by atoms with E-state index in [1.165, 1.54) is 37.5 Å². The highest BCUT2D eigenvalue weighted by Crippen LogP contribution is 2.28. The smallest absolute Gasteiger partial charge is 0.363 e. The number of carbonyl (C=O) groups is 1. The molecule has 0 spiro atoms. The summed E-state index contributed by atoms with van der Waals surface area (Å²) in [5, 5.41) is 11.1. The minimum absolute atomic E-state index is 0.0380. The summed E-state index contributed by atoms with van der Waals surface area (Å²) in [5.41, 5.74) is 1.07. The molecule has 3 rings (SSSR count). The Kier molecular flexibility index (Phi) is 4.49. The lowest BCUT2D eigenvalue weighted by Gasteiger charge is -2.07. The Hall–Kier alpha value is -3.19. The first kappa shape index (κ1) is 16.7. The third-order valence-electron chi connectivity index (χ3n) is 3.42. The molecule has 126 valence electrons. The quantitative estimate of drug-likeness (QED) is 0.360. The van der Waals surface area contributed by atoms with Gasteiger partial charge in [0.25, 0.3) is 5.69 Å². The van der Waals surface area contributed by atoms with E-state index in [0.717, 1.165) is 0 Å². The number of cyclic esters (lactones) is 1. The van der Waals surface area contributed by atoms with E-state index in [0.29, 0.717) is 21.9 Å². The lowest BCUT2D eigenvalue weighted by molar-refractivity contribution is -0.384. The highest BCUT2D eigenvalue weighted by Gasteiger charge is 2.26. The number of ether oxygens (including phenoxy) is 2. The van der Waals surface area contributed by atoms with Gasteiger partial charge in [0.15, 0.2) is 5.70 Å². The fourth-order valence-corrected chi connectivity index (χ4v) is 2.39. The van der Waals surface area contributed by atoms with Crippen LogP contribution in [-0.2, 0) is 9.53 Å². The van der Waals surface area contributed by atoms with E-state index in [1.54, 1.807) is 18.2 Å². The highest BCUT2D eigenvalue weighted by molar-refractivity contribution is 6.31. The maximum Gasteiger partial charge on any atom is 0.363 e. The van der Waals surface area contributed by atoms with Crippen molar-refractivity contribution in [3.05, 3.63) is 74.4 Å². The maximum absolute atomic E-state index is 12.0. The normalized spacial score (nSPS) is 15.0. The van der Waals surface area contributed by atoms with Crippen LogP contribution in [0.2, 0.25) is 5.02 Å². The van der Waals surface area contributed by atoms with Crippen molar-refractivity contribution in [2.75, 3.05) is 7.11 Å². The van der Waals surface area contributed by atoms with Crippen molar-refractivity contribution in [3.8, 4) is 5.75 Å². The van der Waals surface area contributed by atoms with Crippen LogP contribution in [0.5, 0.6) is 5.75 Å². The molecule has 2 aromatic rings. The zero-order chi connectivity index (χ0) is 18.0. The molecule has 0 aliphatic carbocycles. The number of nitro groups is 1. The van der Waals surface area contributed by atoms with E-state index in [1.807, 2.05) is 0 Å². The predicted octanol–water partition coefficient (Wildman–Crippen LogP) is 3.60. The van der Waals surface area contributed by atoms with Crippen LogP contribution in [0.25, 0.3) is 6.08 Å². The third kappa shape index (κ3) is 3.51. The first-order chi connectivity index (χ1) is 12.0. The first-order valence-electron chi connectivity index (χ1n) is 7.09. The number of carbonyl (C=O) groups excluding carboxylic acids is 1. The number of halogens is 1. The van der Waals surface area contributed by atoms with Gasteiger partial charge < -0.3 is 9.47 Å². The van der Waals surface area contributed by atoms with E-state index in [-0.39, 0.29) is 17.3 Å². The van der Waals surface area contributed by atoms with E-state index in [2.05, 4.69) is 4.99 Å². The molecule has 1 aliphatic heterocycles. The fourth-order valence-electron chi connectivity index (χ4n) is 2.22. The Morgan fingerprint density at radius 2 is 1.96 bits per heavy atom. The second kappa shape index (κ2) is 6.74. The molecular formula is C17H11ClN2O5. The van der Waals surface area contributed by atoms with Crippen LogP contribution in [0, 0.1) is 10.1 Å². The second-order valence-electron chi connectivity index (χ2n) is 5.03. The van der Waals surface area contributed by atoms with Crippen molar-refractivity contribution in [2.45, 2.75) is 0 Å². The third-order valence-corrected chi connectivity index (χ3v) is 3.65. The van der Waals surface area contributed by atoms with E-state index in [4.69, 9.17) is 21.1 Å². The van der Waals surface area contributed by atoms with Crippen molar-refractivity contribution >= 4 is 35.2 Å². The van der Waals surface area contributed by atoms with Gasteiger partial charge in [0.05, 0.1) is 17.6 Å². The van der Waals surface area contributed by atoms with Crippen LogP contribution in [0.4, 0.5) is 5.69 Å². The highest BCUT2D eigenvalue weighted by atomic mass is 35.5. The number of rotatable bonds is 4. The summed E-state index contributed by atoms with van der Waals surface area (Å²) in [6.07, 6.45) is 1.48. The average Bonchev–Trinajstić information content (AvgIpc) is 2.96. The summed E-state index contributed by atoms with van der Waals surface area (Å²) in [6, 6.07) is 10.6. The van der Waals surface area contributed by atoms with Gasteiger partial charge in [-0.1, -0.05) is 11.6 Å². The zero-order valence-electron chi connectivity index (χ0n) is 12.9. The van der Waals surface area contributed by atoms with Crippen LogP contribution in [0.15, 0.2) is 53.2 Å².